The molecule has 0 aromatic carbocycles. The molecule has 0 aromatic rings. The second-order valence-electron chi connectivity index (χ2n) is 9.54. The molecule has 1 N–H and O–H groups in total. The molecular weight excluding hydrogens is 272 g/mol. The Balaban J connectivity index is 1.64. The summed E-state index contributed by atoms with van der Waals surface area (Å²) in [5.74, 6) is 3.77. The van der Waals surface area contributed by atoms with Gasteiger partial charge in [0, 0.05) is 11.3 Å². The van der Waals surface area contributed by atoms with Crippen molar-refractivity contribution in [3.05, 3.63) is 0 Å². The summed E-state index contributed by atoms with van der Waals surface area (Å²) in [6, 6.07) is 0. The third-order valence-corrected chi connectivity index (χ3v) is 8.65. The molecule has 0 spiro atoms. The summed E-state index contributed by atoms with van der Waals surface area (Å²) in [5, 5.41) is 10.1. The van der Waals surface area contributed by atoms with E-state index in [1.807, 2.05) is 0 Å². The van der Waals surface area contributed by atoms with E-state index >= 15 is 0 Å². The van der Waals surface area contributed by atoms with Crippen molar-refractivity contribution in [1.29, 1.82) is 0 Å². The first-order valence-corrected chi connectivity index (χ1v) is 9.58. The molecule has 4 aliphatic rings. The second kappa shape index (κ2) is 4.82. The quantitative estimate of drug-likeness (QED) is 0.728. The van der Waals surface area contributed by atoms with Crippen LogP contribution in [0.2, 0.25) is 0 Å². The molecule has 4 rings (SSSR count). The van der Waals surface area contributed by atoms with E-state index in [-0.39, 0.29) is 17.4 Å². The summed E-state index contributed by atoms with van der Waals surface area (Å²) in [6.45, 7) is 6.95. The maximum atomic E-state index is 12.7. The Bertz CT molecular complexity index is 486. The third-order valence-electron chi connectivity index (χ3n) is 8.65. The van der Waals surface area contributed by atoms with Gasteiger partial charge in [-0.2, -0.15) is 0 Å². The second-order valence-corrected chi connectivity index (χ2v) is 9.54. The van der Waals surface area contributed by atoms with Crippen LogP contribution < -0.4 is 0 Å². The number of fused-ring (bicyclic) bond motifs is 5. The van der Waals surface area contributed by atoms with Crippen molar-refractivity contribution >= 4 is 5.78 Å². The van der Waals surface area contributed by atoms with Crippen LogP contribution in [0.15, 0.2) is 0 Å². The van der Waals surface area contributed by atoms with Gasteiger partial charge in [0.2, 0.25) is 0 Å². The molecule has 0 amide bonds. The lowest BCUT2D eigenvalue weighted by molar-refractivity contribution is -0.143. The largest absolute Gasteiger partial charge is 0.393 e. The molecule has 0 heterocycles. The molecule has 2 nitrogen and oxygen atoms in total. The van der Waals surface area contributed by atoms with E-state index in [2.05, 4.69) is 20.8 Å². The van der Waals surface area contributed by atoms with E-state index in [1.54, 1.807) is 0 Å². The molecule has 4 aliphatic carbocycles. The highest BCUT2D eigenvalue weighted by Crippen LogP contribution is 2.66. The lowest BCUT2D eigenvalue weighted by Gasteiger charge is -2.60. The van der Waals surface area contributed by atoms with Gasteiger partial charge in [-0.15, -0.1) is 0 Å². The summed E-state index contributed by atoms with van der Waals surface area (Å²) in [4.78, 5) is 12.7. The van der Waals surface area contributed by atoms with Gasteiger partial charge >= 0.3 is 0 Å². The lowest BCUT2D eigenvalue weighted by Crippen LogP contribution is -2.54. The van der Waals surface area contributed by atoms with Crippen molar-refractivity contribution < 1.29 is 9.90 Å². The van der Waals surface area contributed by atoms with E-state index in [1.165, 1.54) is 25.7 Å². The Kier molecular flexibility index (Phi) is 3.32. The average molecular weight is 304 g/mol. The molecule has 2 heteroatoms. The maximum Gasteiger partial charge on any atom is 0.141 e. The minimum Gasteiger partial charge on any atom is -0.393 e. The predicted molar refractivity (Wildman–Crippen MR) is 87.3 cm³/mol. The fraction of sp³-hybridized carbons (Fsp3) is 0.950. The Hall–Kier alpha value is -0.370. The standard InChI is InChI=1S/C20H32O2/c1-12-10-17-15-5-4-13-11-14(21)6-8-19(13,2)16(15)7-9-20(17,3)18(12)22/h12-17,21H,4-11H2,1-3H3/t12-,13?,14-,15-,16+,17+,19+,20+/m1/s1. The summed E-state index contributed by atoms with van der Waals surface area (Å²) in [5.41, 5.74) is 0.413. The minimum absolute atomic E-state index is 0.0159. The molecule has 22 heavy (non-hydrogen) atoms. The van der Waals surface area contributed by atoms with E-state index in [0.717, 1.165) is 43.4 Å². The first-order valence-electron chi connectivity index (χ1n) is 9.58. The summed E-state index contributed by atoms with van der Waals surface area (Å²) < 4.78 is 0. The van der Waals surface area contributed by atoms with Gasteiger partial charge in [-0.25, -0.2) is 0 Å². The molecule has 4 saturated carbocycles. The fourth-order valence-corrected chi connectivity index (χ4v) is 7.35. The third kappa shape index (κ3) is 1.85. The minimum atomic E-state index is -0.0587. The number of Topliss-reactive ketones (excluding diaryl/α,β-unsaturated/α-hetero) is 1. The highest BCUT2D eigenvalue weighted by atomic mass is 16.3. The van der Waals surface area contributed by atoms with Crippen molar-refractivity contribution in [2.75, 3.05) is 0 Å². The molecular formula is C20H32O2. The van der Waals surface area contributed by atoms with Gasteiger partial charge < -0.3 is 5.11 Å². The summed E-state index contributed by atoms with van der Waals surface area (Å²) in [6.07, 6.45) is 9.25. The van der Waals surface area contributed by atoms with Gasteiger partial charge in [-0.1, -0.05) is 20.8 Å². The number of aliphatic hydroxyl groups excluding tert-OH is 1. The van der Waals surface area contributed by atoms with Crippen LogP contribution in [0, 0.1) is 40.4 Å². The van der Waals surface area contributed by atoms with Gasteiger partial charge in [0.1, 0.15) is 5.78 Å². The summed E-state index contributed by atoms with van der Waals surface area (Å²) in [7, 11) is 0. The highest BCUT2D eigenvalue weighted by Gasteiger charge is 2.61. The molecule has 0 saturated heterocycles. The van der Waals surface area contributed by atoms with Crippen LogP contribution >= 0.6 is 0 Å². The molecule has 124 valence electrons. The van der Waals surface area contributed by atoms with E-state index in [0.29, 0.717) is 17.1 Å². The molecule has 0 aromatic heterocycles. The number of carbonyl (C=O) groups is 1. The van der Waals surface area contributed by atoms with Crippen LogP contribution in [0.25, 0.3) is 0 Å². The van der Waals surface area contributed by atoms with Crippen LogP contribution in [0.4, 0.5) is 0 Å². The van der Waals surface area contributed by atoms with Gasteiger partial charge in [-0.3, -0.25) is 4.79 Å². The van der Waals surface area contributed by atoms with Crippen LogP contribution in [-0.2, 0) is 4.79 Å². The number of ketones is 1. The van der Waals surface area contributed by atoms with Gasteiger partial charge in [-0.05, 0) is 80.5 Å². The van der Waals surface area contributed by atoms with E-state index in [4.69, 9.17) is 0 Å². The van der Waals surface area contributed by atoms with Crippen molar-refractivity contribution in [2.24, 2.45) is 40.4 Å². The van der Waals surface area contributed by atoms with Crippen LogP contribution in [0.3, 0.4) is 0 Å². The molecule has 8 atom stereocenters. The monoisotopic (exact) mass is 304 g/mol. The Morgan fingerprint density at radius 3 is 2.55 bits per heavy atom. The lowest BCUT2D eigenvalue weighted by atomic mass is 9.45. The zero-order valence-electron chi connectivity index (χ0n) is 14.5. The van der Waals surface area contributed by atoms with Crippen molar-refractivity contribution in [2.45, 2.75) is 78.2 Å². The number of aliphatic hydroxyl groups is 1. The van der Waals surface area contributed by atoms with Crippen LogP contribution in [-0.4, -0.2) is 17.0 Å². The van der Waals surface area contributed by atoms with Crippen LogP contribution in [0.5, 0.6) is 0 Å². The molecule has 0 bridgehead atoms. The summed E-state index contributed by atoms with van der Waals surface area (Å²) >= 11 is 0. The van der Waals surface area contributed by atoms with Crippen LogP contribution in [0.1, 0.15) is 72.1 Å². The van der Waals surface area contributed by atoms with Gasteiger partial charge in [0.05, 0.1) is 6.10 Å². The number of rotatable bonds is 0. The van der Waals surface area contributed by atoms with Gasteiger partial charge in [0.25, 0.3) is 0 Å². The zero-order valence-corrected chi connectivity index (χ0v) is 14.5. The van der Waals surface area contributed by atoms with Crippen molar-refractivity contribution in [3.63, 3.8) is 0 Å². The first kappa shape index (κ1) is 15.2. The molecule has 1 unspecified atom stereocenters. The smallest absolute Gasteiger partial charge is 0.141 e. The number of hydrogen-bond donors (Lipinski definition) is 1. The number of carbonyl (C=O) groups excluding carboxylic acids is 1. The van der Waals surface area contributed by atoms with E-state index in [9.17, 15) is 9.90 Å². The average Bonchev–Trinajstić information content (AvgIpc) is 2.72. The fourth-order valence-electron chi connectivity index (χ4n) is 7.35. The zero-order chi connectivity index (χ0) is 15.7. The normalized spacial score (nSPS) is 57.9. The van der Waals surface area contributed by atoms with Crippen molar-refractivity contribution in [3.8, 4) is 0 Å². The Morgan fingerprint density at radius 2 is 1.77 bits per heavy atom. The molecule has 4 fully saturated rings. The number of hydrogen-bond acceptors (Lipinski definition) is 2. The maximum absolute atomic E-state index is 12.7. The Labute approximate surface area is 135 Å². The highest BCUT2D eigenvalue weighted by molar-refractivity contribution is 5.89. The molecule has 0 aliphatic heterocycles. The molecule has 0 radical (unpaired) electrons. The Morgan fingerprint density at radius 1 is 1.00 bits per heavy atom. The van der Waals surface area contributed by atoms with Crippen molar-refractivity contribution in [1.82, 2.24) is 0 Å². The first-order chi connectivity index (χ1) is 10.4. The predicted octanol–water partition coefficient (Wildman–Crippen LogP) is 4.21. The van der Waals surface area contributed by atoms with Gasteiger partial charge in [0.15, 0.2) is 0 Å². The SMILES string of the molecule is C[C@@H]1C[C@H]2[C@@H]3CCC4C[C@H](O)CC[C@]4(C)[C@H]3CC[C@]2(C)C1=O. The van der Waals surface area contributed by atoms with E-state index < -0.39 is 0 Å². The topological polar surface area (TPSA) is 37.3 Å².